The number of aromatic nitrogens is 1. The monoisotopic (exact) mass is 504 g/mol. The number of anilines is 1. The molecule has 1 aromatic rings. The molecule has 9 heteroatoms. The van der Waals surface area contributed by atoms with Crippen molar-refractivity contribution >= 4 is 41.7 Å². The van der Waals surface area contributed by atoms with E-state index < -0.39 is 0 Å². The fourth-order valence-electron chi connectivity index (χ4n) is 3.14. The van der Waals surface area contributed by atoms with Gasteiger partial charge in [0.05, 0.1) is 6.54 Å². The van der Waals surface area contributed by atoms with Gasteiger partial charge in [-0.2, -0.15) is 0 Å². The topological polar surface area (TPSA) is 105 Å². The lowest BCUT2D eigenvalue weighted by Crippen LogP contribution is -2.39. The molecule has 1 aliphatic heterocycles. The number of methoxy groups -OCH3 is 1. The third kappa shape index (κ3) is 7.78. The third-order valence-corrected chi connectivity index (χ3v) is 4.63. The summed E-state index contributed by atoms with van der Waals surface area (Å²) < 4.78 is 5.08. The molecule has 4 N–H and O–H groups in total. The van der Waals surface area contributed by atoms with Gasteiger partial charge in [0.1, 0.15) is 5.82 Å². The summed E-state index contributed by atoms with van der Waals surface area (Å²) in [5.41, 5.74) is 6.51. The van der Waals surface area contributed by atoms with E-state index in [9.17, 15) is 4.79 Å². The van der Waals surface area contributed by atoms with E-state index in [0.717, 1.165) is 69.4 Å². The number of carbonyl (C=O) groups is 1. The van der Waals surface area contributed by atoms with Crippen LogP contribution in [-0.2, 0) is 16.1 Å². The minimum atomic E-state index is -0.199. The molecule has 0 aromatic carbocycles. The summed E-state index contributed by atoms with van der Waals surface area (Å²) in [5, 5.41) is 6.58. The van der Waals surface area contributed by atoms with E-state index >= 15 is 0 Å². The Bertz CT molecular complexity index is 620. The van der Waals surface area contributed by atoms with Crippen LogP contribution >= 0.6 is 24.0 Å². The Morgan fingerprint density at radius 1 is 1.39 bits per heavy atom. The lowest BCUT2D eigenvalue weighted by Gasteiger charge is -2.32. The van der Waals surface area contributed by atoms with E-state index in [2.05, 4.69) is 26.6 Å². The van der Waals surface area contributed by atoms with Crippen molar-refractivity contribution in [2.24, 2.45) is 16.6 Å². The summed E-state index contributed by atoms with van der Waals surface area (Å²) in [4.78, 5) is 22.9. The number of primary amides is 1. The van der Waals surface area contributed by atoms with Gasteiger partial charge in [-0.1, -0.05) is 6.07 Å². The predicted molar refractivity (Wildman–Crippen MR) is 123 cm³/mol. The number of halogens is 1. The number of nitrogens with two attached hydrogens (primary N) is 1. The minimum Gasteiger partial charge on any atom is -0.385 e. The van der Waals surface area contributed by atoms with Crippen LogP contribution < -0.4 is 21.3 Å². The van der Waals surface area contributed by atoms with Gasteiger partial charge in [-0.05, 0) is 32.3 Å². The smallest absolute Gasteiger partial charge is 0.220 e. The maximum Gasteiger partial charge on any atom is 0.220 e. The summed E-state index contributed by atoms with van der Waals surface area (Å²) in [6, 6.07) is 3.99. The largest absolute Gasteiger partial charge is 0.385 e. The van der Waals surface area contributed by atoms with E-state index in [0.29, 0.717) is 6.54 Å². The normalized spacial score (nSPS) is 15.1. The fourth-order valence-corrected chi connectivity index (χ4v) is 3.14. The first-order chi connectivity index (χ1) is 13.2. The Labute approximate surface area is 184 Å². The summed E-state index contributed by atoms with van der Waals surface area (Å²) in [6.07, 6.45) is 4.28. The number of rotatable bonds is 9. The van der Waals surface area contributed by atoms with Crippen molar-refractivity contribution in [1.82, 2.24) is 15.6 Å². The van der Waals surface area contributed by atoms with Gasteiger partial charge in [0.25, 0.3) is 0 Å². The van der Waals surface area contributed by atoms with Gasteiger partial charge in [0.2, 0.25) is 5.91 Å². The highest BCUT2D eigenvalue weighted by Crippen LogP contribution is 2.24. The molecular formula is C19H33IN6O2. The number of piperidine rings is 1. The van der Waals surface area contributed by atoms with Gasteiger partial charge < -0.3 is 26.0 Å². The SMILES string of the molecule is CCNC(=NCc1cccnc1N1CCC(C(N)=O)CC1)NCCCOC.I. The maximum absolute atomic E-state index is 11.4. The molecule has 0 aliphatic carbocycles. The van der Waals surface area contributed by atoms with Crippen LogP contribution in [0.15, 0.2) is 23.3 Å². The highest BCUT2D eigenvalue weighted by atomic mass is 127. The molecule has 0 atom stereocenters. The molecule has 1 aromatic heterocycles. The van der Waals surface area contributed by atoms with Crippen LogP contribution in [-0.4, -0.2) is 56.7 Å². The molecule has 0 saturated carbocycles. The van der Waals surface area contributed by atoms with E-state index in [4.69, 9.17) is 15.5 Å². The first-order valence-electron chi connectivity index (χ1n) is 9.65. The Morgan fingerprint density at radius 2 is 2.14 bits per heavy atom. The Morgan fingerprint density at radius 3 is 2.79 bits per heavy atom. The van der Waals surface area contributed by atoms with E-state index in [1.807, 2.05) is 13.0 Å². The van der Waals surface area contributed by atoms with Crippen LogP contribution in [0.3, 0.4) is 0 Å². The molecule has 28 heavy (non-hydrogen) atoms. The molecular weight excluding hydrogens is 471 g/mol. The quantitative estimate of drug-likeness (QED) is 0.204. The number of amides is 1. The molecule has 0 spiro atoms. The Balaban J connectivity index is 0.00000392. The second-order valence-electron chi connectivity index (χ2n) is 6.62. The molecule has 1 fully saturated rings. The summed E-state index contributed by atoms with van der Waals surface area (Å²) in [7, 11) is 1.70. The fraction of sp³-hybridized carbons (Fsp3) is 0.632. The number of ether oxygens (including phenoxy) is 1. The highest BCUT2D eigenvalue weighted by molar-refractivity contribution is 14.0. The molecule has 2 rings (SSSR count). The number of hydrogen-bond acceptors (Lipinski definition) is 5. The Kier molecular flexibility index (Phi) is 11.8. The summed E-state index contributed by atoms with van der Waals surface area (Å²) >= 11 is 0. The first-order valence-corrected chi connectivity index (χ1v) is 9.65. The first kappa shape index (κ1) is 24.4. The van der Waals surface area contributed by atoms with Crippen molar-refractivity contribution in [1.29, 1.82) is 0 Å². The van der Waals surface area contributed by atoms with E-state index in [1.165, 1.54) is 0 Å². The molecule has 0 unspecified atom stereocenters. The second-order valence-corrected chi connectivity index (χ2v) is 6.62. The number of carbonyl (C=O) groups excluding carboxylic acids is 1. The molecule has 8 nitrogen and oxygen atoms in total. The average Bonchev–Trinajstić information content (AvgIpc) is 2.69. The standard InChI is InChI=1S/C19H32N6O2.HI/c1-3-21-19(23-10-5-13-27-2)24-14-16-6-4-9-22-18(16)25-11-7-15(8-12-25)17(20)26;/h4,6,9,15H,3,5,7-8,10-14H2,1-2H3,(H2,20,26)(H2,21,23,24);1H. The van der Waals surface area contributed by atoms with Crippen molar-refractivity contribution in [2.45, 2.75) is 32.7 Å². The van der Waals surface area contributed by atoms with Gasteiger partial charge in [-0.25, -0.2) is 9.98 Å². The van der Waals surface area contributed by atoms with Crippen LogP contribution in [0.5, 0.6) is 0 Å². The highest BCUT2D eigenvalue weighted by Gasteiger charge is 2.24. The molecule has 1 saturated heterocycles. The Hall–Kier alpha value is -1.62. The molecule has 2 heterocycles. The van der Waals surface area contributed by atoms with Gasteiger partial charge >= 0.3 is 0 Å². The molecule has 1 amide bonds. The van der Waals surface area contributed by atoms with Gasteiger partial charge in [0.15, 0.2) is 5.96 Å². The number of hydrogen-bond donors (Lipinski definition) is 3. The lowest BCUT2D eigenvalue weighted by atomic mass is 9.96. The van der Waals surface area contributed by atoms with Crippen LogP contribution in [0.4, 0.5) is 5.82 Å². The van der Waals surface area contributed by atoms with Crippen molar-refractivity contribution in [3.8, 4) is 0 Å². The lowest BCUT2D eigenvalue weighted by molar-refractivity contribution is -0.122. The maximum atomic E-state index is 11.4. The number of guanidine groups is 1. The number of aliphatic imine (C=N–C) groups is 1. The minimum absolute atomic E-state index is 0. The number of nitrogens with one attached hydrogen (secondary N) is 2. The van der Waals surface area contributed by atoms with Crippen molar-refractivity contribution < 1.29 is 9.53 Å². The van der Waals surface area contributed by atoms with Crippen LogP contribution in [0.1, 0.15) is 31.7 Å². The molecule has 158 valence electrons. The van der Waals surface area contributed by atoms with Crippen molar-refractivity contribution in [3.05, 3.63) is 23.9 Å². The van der Waals surface area contributed by atoms with Crippen LogP contribution in [0.25, 0.3) is 0 Å². The predicted octanol–water partition coefficient (Wildman–Crippen LogP) is 1.49. The van der Waals surface area contributed by atoms with Crippen molar-refractivity contribution in [2.75, 3.05) is 44.8 Å². The van der Waals surface area contributed by atoms with E-state index in [-0.39, 0.29) is 35.8 Å². The zero-order chi connectivity index (χ0) is 19.5. The van der Waals surface area contributed by atoms with Crippen LogP contribution in [0, 0.1) is 5.92 Å². The van der Waals surface area contributed by atoms with Gasteiger partial charge in [0, 0.05) is 57.6 Å². The molecule has 0 bridgehead atoms. The van der Waals surface area contributed by atoms with Gasteiger partial charge in [-0.15, -0.1) is 24.0 Å². The molecule has 1 aliphatic rings. The number of pyridine rings is 1. The summed E-state index contributed by atoms with van der Waals surface area (Å²) in [6.45, 7) is 6.49. The van der Waals surface area contributed by atoms with Crippen molar-refractivity contribution in [3.63, 3.8) is 0 Å². The molecule has 0 radical (unpaired) electrons. The number of nitrogens with zero attached hydrogens (tertiary/aromatic N) is 3. The summed E-state index contributed by atoms with van der Waals surface area (Å²) in [5.74, 6) is 1.51. The second kappa shape index (κ2) is 13.5. The zero-order valence-corrected chi connectivity index (χ0v) is 19.1. The van der Waals surface area contributed by atoms with Crippen LogP contribution in [0.2, 0.25) is 0 Å². The van der Waals surface area contributed by atoms with Gasteiger partial charge in [-0.3, -0.25) is 4.79 Å². The third-order valence-electron chi connectivity index (χ3n) is 4.63. The zero-order valence-electron chi connectivity index (χ0n) is 16.8. The van der Waals surface area contributed by atoms with E-state index in [1.54, 1.807) is 13.3 Å². The average molecular weight is 504 g/mol.